The molecule has 0 unspecified atom stereocenters. The summed E-state index contributed by atoms with van der Waals surface area (Å²) in [4.78, 5) is 28.0. The van der Waals surface area contributed by atoms with E-state index < -0.39 is 28.5 Å². The second-order valence-corrected chi connectivity index (χ2v) is 11.5. The highest BCUT2D eigenvalue weighted by Gasteiger charge is 2.31. The molecule has 0 spiro atoms. The quantitative estimate of drug-likeness (QED) is 0.471. The maximum atomic E-state index is 13.7. The molecule has 2 aromatic carbocycles. The summed E-state index contributed by atoms with van der Waals surface area (Å²) in [6.07, 6.45) is 1.79. The summed E-state index contributed by atoms with van der Waals surface area (Å²) in [5, 5.41) is 3.68. The summed E-state index contributed by atoms with van der Waals surface area (Å²) in [7, 11) is -3.81. The van der Waals surface area contributed by atoms with Crippen molar-refractivity contribution < 1.29 is 18.0 Å². The third kappa shape index (κ3) is 7.59. The molecule has 0 aliphatic carbocycles. The molecule has 7 nitrogen and oxygen atoms in total. The number of amides is 2. The van der Waals surface area contributed by atoms with Crippen LogP contribution in [-0.2, 0) is 26.2 Å². The third-order valence-corrected chi connectivity index (χ3v) is 7.59. The average molecular weight is 543 g/mol. The van der Waals surface area contributed by atoms with E-state index in [1.165, 1.54) is 4.90 Å². The zero-order valence-corrected chi connectivity index (χ0v) is 23.3. The van der Waals surface area contributed by atoms with Crippen molar-refractivity contribution in [1.82, 2.24) is 10.2 Å². The van der Waals surface area contributed by atoms with Crippen molar-refractivity contribution in [2.24, 2.45) is 0 Å². The van der Waals surface area contributed by atoms with Gasteiger partial charge in [-0.15, -0.1) is 0 Å². The summed E-state index contributed by atoms with van der Waals surface area (Å²) < 4.78 is 26.6. The second kappa shape index (κ2) is 12.1. The second-order valence-electron chi connectivity index (χ2n) is 8.76. The Labute approximate surface area is 218 Å². The first-order valence-corrected chi connectivity index (χ1v) is 13.9. The van der Waals surface area contributed by atoms with Crippen LogP contribution in [0.15, 0.2) is 36.4 Å². The molecule has 0 saturated heterocycles. The SMILES string of the molecule is CC[C@H](C)NC(=O)[C@@H](C)N(Cc1ccc(Cl)cc1Cl)C(=O)CN(c1c(C)cccc1C)S(C)(=O)=O. The summed E-state index contributed by atoms with van der Waals surface area (Å²) >= 11 is 12.4. The number of anilines is 1. The Hall–Kier alpha value is -2.29. The van der Waals surface area contributed by atoms with E-state index in [0.717, 1.165) is 28.1 Å². The first-order chi connectivity index (χ1) is 16.3. The lowest BCUT2D eigenvalue weighted by molar-refractivity contribution is -0.139. The van der Waals surface area contributed by atoms with Gasteiger partial charge in [-0.1, -0.05) is 54.4 Å². The van der Waals surface area contributed by atoms with Crippen molar-refractivity contribution in [3.63, 3.8) is 0 Å². The van der Waals surface area contributed by atoms with Gasteiger partial charge in [-0.3, -0.25) is 13.9 Å². The molecule has 10 heteroatoms. The Morgan fingerprint density at radius 1 is 1.06 bits per heavy atom. The van der Waals surface area contributed by atoms with E-state index in [1.54, 1.807) is 51.1 Å². The maximum Gasteiger partial charge on any atom is 0.244 e. The first-order valence-electron chi connectivity index (χ1n) is 11.3. The molecule has 2 atom stereocenters. The fraction of sp³-hybridized carbons (Fsp3) is 0.440. The van der Waals surface area contributed by atoms with Gasteiger partial charge in [0.15, 0.2) is 0 Å². The molecule has 192 valence electrons. The number of para-hydroxylation sites is 1. The van der Waals surface area contributed by atoms with Crippen molar-refractivity contribution in [2.45, 2.75) is 59.7 Å². The van der Waals surface area contributed by atoms with Crippen LogP contribution in [0.2, 0.25) is 10.0 Å². The normalized spacial score (nSPS) is 13.1. The number of sulfonamides is 1. The molecular weight excluding hydrogens is 509 g/mol. The minimum atomic E-state index is -3.81. The summed E-state index contributed by atoms with van der Waals surface area (Å²) in [6, 6.07) is 9.35. The van der Waals surface area contributed by atoms with E-state index in [-0.39, 0.29) is 18.5 Å². The van der Waals surface area contributed by atoms with Gasteiger partial charge in [0.1, 0.15) is 12.6 Å². The van der Waals surface area contributed by atoms with Gasteiger partial charge >= 0.3 is 0 Å². The van der Waals surface area contributed by atoms with Crippen molar-refractivity contribution >= 4 is 50.7 Å². The van der Waals surface area contributed by atoms with Crippen molar-refractivity contribution in [3.8, 4) is 0 Å². The van der Waals surface area contributed by atoms with Crippen molar-refractivity contribution in [1.29, 1.82) is 0 Å². The van der Waals surface area contributed by atoms with Crippen molar-refractivity contribution in [3.05, 3.63) is 63.1 Å². The molecule has 0 bridgehead atoms. The number of rotatable bonds is 10. The Bertz CT molecular complexity index is 1170. The van der Waals surface area contributed by atoms with E-state index in [4.69, 9.17) is 23.2 Å². The smallest absolute Gasteiger partial charge is 0.244 e. The Morgan fingerprint density at radius 2 is 1.66 bits per heavy atom. The molecule has 2 aromatic rings. The van der Waals surface area contributed by atoms with Gasteiger partial charge < -0.3 is 10.2 Å². The molecular formula is C25H33Cl2N3O4S. The van der Waals surface area contributed by atoms with Gasteiger partial charge in [0.05, 0.1) is 11.9 Å². The standard InChI is InChI=1S/C25H33Cl2N3O4S/c1-7-18(4)28-25(32)19(5)29(14-20-11-12-21(26)13-22(20)27)23(31)15-30(35(6,33)34)24-16(2)9-8-10-17(24)3/h8-13,18-19H,7,14-15H2,1-6H3,(H,28,32)/t18-,19+/m0/s1. The van der Waals surface area contributed by atoms with Gasteiger partial charge in [0, 0.05) is 22.6 Å². The predicted molar refractivity (Wildman–Crippen MR) is 142 cm³/mol. The predicted octanol–water partition coefficient (Wildman–Crippen LogP) is 4.71. The molecule has 2 amide bonds. The fourth-order valence-electron chi connectivity index (χ4n) is 3.66. The summed E-state index contributed by atoms with van der Waals surface area (Å²) in [5.74, 6) is -0.869. The van der Waals surface area contributed by atoms with E-state index in [1.807, 2.05) is 19.9 Å². The molecule has 0 radical (unpaired) electrons. The summed E-state index contributed by atoms with van der Waals surface area (Å²) in [5.41, 5.74) is 2.48. The third-order valence-electron chi connectivity index (χ3n) is 5.89. The van der Waals surface area contributed by atoms with Gasteiger partial charge in [0.2, 0.25) is 21.8 Å². The number of benzene rings is 2. The minimum absolute atomic E-state index is 0.00822. The van der Waals surface area contributed by atoms with Crippen LogP contribution in [0.1, 0.15) is 43.9 Å². The topological polar surface area (TPSA) is 86.8 Å². The average Bonchev–Trinajstić information content (AvgIpc) is 2.76. The molecule has 0 fully saturated rings. The van der Waals surface area contributed by atoms with E-state index in [2.05, 4.69) is 5.32 Å². The minimum Gasteiger partial charge on any atom is -0.352 e. The molecule has 2 rings (SSSR count). The number of aryl methyl sites for hydroxylation is 2. The van der Waals surface area contributed by atoms with Gasteiger partial charge in [0.25, 0.3) is 0 Å². The highest BCUT2D eigenvalue weighted by Crippen LogP contribution is 2.28. The van der Waals surface area contributed by atoms with Crippen LogP contribution in [0, 0.1) is 13.8 Å². The molecule has 0 aliphatic heterocycles. The Morgan fingerprint density at radius 3 is 2.17 bits per heavy atom. The number of nitrogens with zero attached hydrogens (tertiary/aromatic N) is 2. The first kappa shape index (κ1) is 28.9. The number of carbonyl (C=O) groups is 2. The van der Waals surface area contributed by atoms with Crippen LogP contribution in [0.4, 0.5) is 5.69 Å². The Balaban J connectivity index is 2.48. The summed E-state index contributed by atoms with van der Waals surface area (Å²) in [6.45, 7) is 8.56. The highest BCUT2D eigenvalue weighted by molar-refractivity contribution is 7.92. The maximum absolute atomic E-state index is 13.7. The van der Waals surface area contributed by atoms with E-state index in [9.17, 15) is 18.0 Å². The van der Waals surface area contributed by atoms with Crippen LogP contribution in [-0.4, -0.2) is 50.0 Å². The van der Waals surface area contributed by atoms with Crippen LogP contribution in [0.25, 0.3) is 0 Å². The van der Waals surface area contributed by atoms with Gasteiger partial charge in [-0.05, 0) is 62.9 Å². The highest BCUT2D eigenvalue weighted by atomic mass is 35.5. The number of carbonyl (C=O) groups excluding carboxylic acids is 2. The number of hydrogen-bond donors (Lipinski definition) is 1. The zero-order valence-electron chi connectivity index (χ0n) is 20.9. The molecule has 0 aromatic heterocycles. The molecule has 1 N–H and O–H groups in total. The molecule has 0 saturated carbocycles. The van der Waals surface area contributed by atoms with Crippen LogP contribution >= 0.6 is 23.2 Å². The molecule has 35 heavy (non-hydrogen) atoms. The lowest BCUT2D eigenvalue weighted by Gasteiger charge is -2.33. The van der Waals surface area contributed by atoms with Crippen molar-refractivity contribution in [2.75, 3.05) is 17.1 Å². The van der Waals surface area contributed by atoms with Gasteiger partial charge in [-0.2, -0.15) is 0 Å². The largest absolute Gasteiger partial charge is 0.352 e. The molecule has 0 heterocycles. The fourth-order valence-corrected chi connectivity index (χ4v) is 5.09. The monoisotopic (exact) mass is 541 g/mol. The van der Waals surface area contributed by atoms with E-state index >= 15 is 0 Å². The van der Waals surface area contributed by atoms with Crippen LogP contribution in [0.3, 0.4) is 0 Å². The number of nitrogens with one attached hydrogen (secondary N) is 1. The van der Waals surface area contributed by atoms with Crippen LogP contribution < -0.4 is 9.62 Å². The lowest BCUT2D eigenvalue weighted by Crippen LogP contribution is -2.52. The Kier molecular flexibility index (Phi) is 10.0. The molecule has 0 aliphatic rings. The lowest BCUT2D eigenvalue weighted by atomic mass is 10.1. The van der Waals surface area contributed by atoms with Crippen LogP contribution in [0.5, 0.6) is 0 Å². The number of hydrogen-bond acceptors (Lipinski definition) is 4. The zero-order chi connectivity index (χ0) is 26.5. The number of halogens is 2. The van der Waals surface area contributed by atoms with Gasteiger partial charge in [-0.25, -0.2) is 8.42 Å². The van der Waals surface area contributed by atoms with E-state index in [0.29, 0.717) is 21.3 Å².